The van der Waals surface area contributed by atoms with Gasteiger partial charge in [0, 0.05) is 16.9 Å². The van der Waals surface area contributed by atoms with Crippen LogP contribution in [0.4, 0.5) is 5.69 Å². The first-order valence-corrected chi connectivity index (χ1v) is 10.7. The van der Waals surface area contributed by atoms with E-state index in [0.29, 0.717) is 34.0 Å². The number of ketones is 1. The summed E-state index contributed by atoms with van der Waals surface area (Å²) in [6, 6.07) is 23.3. The second kappa shape index (κ2) is 9.58. The number of Topliss-reactive ketones (excluding diaryl/α,β-unsaturated/α-hetero) is 1. The van der Waals surface area contributed by atoms with Crippen LogP contribution in [0.5, 0.6) is 11.5 Å². The van der Waals surface area contributed by atoms with Crippen molar-refractivity contribution < 1.29 is 23.9 Å². The maximum absolute atomic E-state index is 13.5. The molecule has 0 saturated carbocycles. The van der Waals surface area contributed by atoms with Crippen molar-refractivity contribution in [2.75, 3.05) is 12.0 Å². The smallest absolute Gasteiger partial charge is 0.340 e. The van der Waals surface area contributed by atoms with Crippen LogP contribution in [-0.4, -0.2) is 24.8 Å². The minimum absolute atomic E-state index is 0.116. The molecule has 0 radical (unpaired) electrons. The van der Waals surface area contributed by atoms with Crippen LogP contribution in [0.15, 0.2) is 95.7 Å². The lowest BCUT2D eigenvalue weighted by atomic mass is 10.0. The third-order valence-corrected chi connectivity index (χ3v) is 5.45. The summed E-state index contributed by atoms with van der Waals surface area (Å²) in [6.07, 6.45) is 1.64. The molecule has 170 valence electrons. The third kappa shape index (κ3) is 4.52. The Morgan fingerprint density at radius 2 is 1.59 bits per heavy atom. The highest BCUT2D eigenvalue weighted by molar-refractivity contribution is 6.24. The Labute approximate surface area is 197 Å². The van der Waals surface area contributed by atoms with Gasteiger partial charge in [-0.2, -0.15) is 0 Å². The van der Waals surface area contributed by atoms with E-state index in [0.717, 1.165) is 0 Å². The number of benzene rings is 3. The number of nitrogens with zero attached hydrogens (tertiary/aromatic N) is 1. The first kappa shape index (κ1) is 22.7. The van der Waals surface area contributed by atoms with Gasteiger partial charge in [0.1, 0.15) is 11.5 Å². The van der Waals surface area contributed by atoms with Crippen LogP contribution in [0, 0.1) is 0 Å². The van der Waals surface area contributed by atoms with Crippen LogP contribution >= 0.6 is 0 Å². The highest BCUT2D eigenvalue weighted by Crippen LogP contribution is 2.36. The van der Waals surface area contributed by atoms with Gasteiger partial charge in [0.15, 0.2) is 5.78 Å². The number of carbonyl (C=O) groups excluding carboxylic acids is 3. The van der Waals surface area contributed by atoms with E-state index in [-0.39, 0.29) is 22.8 Å². The summed E-state index contributed by atoms with van der Waals surface area (Å²) >= 11 is 0. The standard InChI is InChI=1S/C28H23NO5/c1-18-26(28(32)33-3)25(27(31)29(18)22-11-8-10-21(17-22)19(2)30)16-20-9-7-14-24(15-20)34-23-12-5-4-6-13-23/h4-17H,1-3H3/b25-16-. The molecule has 3 aromatic carbocycles. The Kier molecular flexibility index (Phi) is 6.41. The van der Waals surface area contributed by atoms with Gasteiger partial charge in [-0.3, -0.25) is 14.5 Å². The second-order valence-corrected chi connectivity index (χ2v) is 7.74. The zero-order valence-electron chi connectivity index (χ0n) is 19.1. The molecule has 0 aliphatic carbocycles. The van der Waals surface area contributed by atoms with E-state index < -0.39 is 5.97 Å². The number of amides is 1. The number of hydrogen-bond donors (Lipinski definition) is 0. The van der Waals surface area contributed by atoms with Crippen molar-refractivity contribution >= 4 is 29.4 Å². The zero-order valence-corrected chi connectivity index (χ0v) is 19.1. The van der Waals surface area contributed by atoms with E-state index in [4.69, 9.17) is 9.47 Å². The highest BCUT2D eigenvalue weighted by atomic mass is 16.5. The summed E-state index contributed by atoms with van der Waals surface area (Å²) in [7, 11) is 1.28. The first-order chi connectivity index (χ1) is 16.4. The van der Waals surface area contributed by atoms with Crippen molar-refractivity contribution in [2.24, 2.45) is 0 Å². The average molecular weight is 453 g/mol. The van der Waals surface area contributed by atoms with Crippen molar-refractivity contribution in [3.05, 3.63) is 107 Å². The molecule has 4 rings (SSSR count). The highest BCUT2D eigenvalue weighted by Gasteiger charge is 2.38. The molecule has 0 unspecified atom stereocenters. The van der Waals surface area contributed by atoms with Crippen LogP contribution in [0.3, 0.4) is 0 Å². The van der Waals surface area contributed by atoms with Crippen molar-refractivity contribution in [2.45, 2.75) is 13.8 Å². The van der Waals surface area contributed by atoms with Crippen LogP contribution in [-0.2, 0) is 14.3 Å². The predicted octanol–water partition coefficient (Wildman–Crippen LogP) is 5.56. The van der Waals surface area contributed by atoms with Gasteiger partial charge in [-0.05, 0) is 61.9 Å². The van der Waals surface area contributed by atoms with E-state index in [1.165, 1.54) is 18.9 Å². The molecule has 0 saturated heterocycles. The van der Waals surface area contributed by atoms with Crippen LogP contribution in [0.2, 0.25) is 0 Å². The molecular formula is C28H23NO5. The van der Waals surface area contributed by atoms with Gasteiger partial charge in [-0.15, -0.1) is 0 Å². The van der Waals surface area contributed by atoms with Gasteiger partial charge in [0.2, 0.25) is 0 Å². The molecular weight excluding hydrogens is 430 g/mol. The van der Waals surface area contributed by atoms with Gasteiger partial charge in [-0.25, -0.2) is 4.79 Å². The molecule has 6 heteroatoms. The minimum atomic E-state index is -0.612. The Hall–Kier alpha value is -4.45. The van der Waals surface area contributed by atoms with E-state index in [1.807, 2.05) is 48.5 Å². The van der Waals surface area contributed by atoms with Crippen molar-refractivity contribution in [3.63, 3.8) is 0 Å². The number of anilines is 1. The molecule has 0 aromatic heterocycles. The minimum Gasteiger partial charge on any atom is -0.465 e. The normalized spacial score (nSPS) is 14.5. The number of para-hydroxylation sites is 1. The quantitative estimate of drug-likeness (QED) is 0.278. The van der Waals surface area contributed by atoms with Gasteiger partial charge in [-0.1, -0.05) is 42.5 Å². The average Bonchev–Trinajstić information content (AvgIpc) is 3.08. The monoisotopic (exact) mass is 453 g/mol. The van der Waals surface area contributed by atoms with Gasteiger partial charge in [0.05, 0.1) is 18.3 Å². The summed E-state index contributed by atoms with van der Waals surface area (Å²) < 4.78 is 10.9. The third-order valence-electron chi connectivity index (χ3n) is 5.45. The molecule has 0 fully saturated rings. The summed E-state index contributed by atoms with van der Waals surface area (Å²) in [5, 5.41) is 0. The van der Waals surface area contributed by atoms with Crippen LogP contribution < -0.4 is 9.64 Å². The van der Waals surface area contributed by atoms with Crippen molar-refractivity contribution in [1.29, 1.82) is 0 Å². The molecule has 0 atom stereocenters. The fourth-order valence-corrected chi connectivity index (χ4v) is 3.81. The number of allylic oxidation sites excluding steroid dienone is 1. The van der Waals surface area contributed by atoms with Crippen molar-refractivity contribution in [3.8, 4) is 11.5 Å². The molecule has 6 nitrogen and oxygen atoms in total. The van der Waals surface area contributed by atoms with E-state index in [1.54, 1.807) is 43.3 Å². The van der Waals surface area contributed by atoms with Gasteiger partial charge in [0.25, 0.3) is 5.91 Å². The Bertz CT molecular complexity index is 1340. The van der Waals surface area contributed by atoms with Gasteiger partial charge >= 0.3 is 5.97 Å². The maximum atomic E-state index is 13.5. The Balaban J connectivity index is 1.75. The maximum Gasteiger partial charge on any atom is 0.340 e. The van der Waals surface area contributed by atoms with Crippen LogP contribution in [0.1, 0.15) is 29.8 Å². The lowest BCUT2D eigenvalue weighted by Gasteiger charge is -2.18. The second-order valence-electron chi connectivity index (χ2n) is 7.74. The number of carbonyl (C=O) groups is 3. The number of esters is 1. The molecule has 1 aliphatic heterocycles. The number of ether oxygens (including phenoxy) is 2. The lowest BCUT2D eigenvalue weighted by molar-refractivity contribution is -0.136. The SMILES string of the molecule is COC(=O)C1=C(C)N(c2cccc(C(C)=O)c2)C(=O)/C1=C\c1cccc(Oc2ccccc2)c1. The number of hydrogen-bond acceptors (Lipinski definition) is 5. The molecule has 0 spiro atoms. The zero-order chi connectivity index (χ0) is 24.2. The molecule has 1 amide bonds. The Morgan fingerprint density at radius 3 is 2.29 bits per heavy atom. The molecule has 1 heterocycles. The molecule has 3 aromatic rings. The largest absolute Gasteiger partial charge is 0.465 e. The Morgan fingerprint density at radius 1 is 0.882 bits per heavy atom. The lowest BCUT2D eigenvalue weighted by Crippen LogP contribution is -2.24. The summed E-state index contributed by atoms with van der Waals surface area (Å²) in [4.78, 5) is 39.4. The van der Waals surface area contributed by atoms with E-state index >= 15 is 0 Å². The van der Waals surface area contributed by atoms with E-state index in [9.17, 15) is 14.4 Å². The predicted molar refractivity (Wildman–Crippen MR) is 130 cm³/mol. The van der Waals surface area contributed by atoms with Crippen molar-refractivity contribution in [1.82, 2.24) is 0 Å². The fraction of sp³-hybridized carbons (Fsp3) is 0.107. The molecule has 0 N–H and O–H groups in total. The number of methoxy groups -OCH3 is 1. The summed E-state index contributed by atoms with van der Waals surface area (Å²) in [5.41, 5.74) is 2.47. The topological polar surface area (TPSA) is 72.9 Å². The molecule has 34 heavy (non-hydrogen) atoms. The van der Waals surface area contributed by atoms with Crippen LogP contribution in [0.25, 0.3) is 6.08 Å². The first-order valence-electron chi connectivity index (χ1n) is 10.7. The van der Waals surface area contributed by atoms with E-state index in [2.05, 4.69) is 0 Å². The fourth-order valence-electron chi connectivity index (χ4n) is 3.81. The molecule has 0 bridgehead atoms. The van der Waals surface area contributed by atoms with Gasteiger partial charge < -0.3 is 9.47 Å². The molecule has 1 aliphatic rings. The summed E-state index contributed by atoms with van der Waals surface area (Å²) in [5.74, 6) is 0.172. The summed E-state index contributed by atoms with van der Waals surface area (Å²) in [6.45, 7) is 3.14. The number of rotatable bonds is 6.